The minimum absolute atomic E-state index is 0.0453. The summed E-state index contributed by atoms with van der Waals surface area (Å²) in [6.07, 6.45) is 0.681. The van der Waals surface area contributed by atoms with Gasteiger partial charge in [-0.05, 0) is 55.8 Å². The van der Waals surface area contributed by atoms with Crippen LogP contribution in [0.1, 0.15) is 33.3 Å². The number of hydrogen-bond donors (Lipinski definition) is 4. The van der Waals surface area contributed by atoms with Crippen molar-refractivity contribution >= 4 is 40.4 Å². The van der Waals surface area contributed by atoms with E-state index in [0.717, 1.165) is 23.5 Å². The third kappa shape index (κ3) is 8.24. The maximum absolute atomic E-state index is 12.5. The highest BCUT2D eigenvalue weighted by molar-refractivity contribution is 7.86. The van der Waals surface area contributed by atoms with Gasteiger partial charge in [0.1, 0.15) is 11.0 Å². The van der Waals surface area contributed by atoms with Crippen LogP contribution in [-0.2, 0) is 20.6 Å². The molecule has 0 radical (unpaired) electrons. The van der Waals surface area contributed by atoms with Gasteiger partial charge in [0, 0.05) is 36.1 Å². The van der Waals surface area contributed by atoms with Crippen LogP contribution < -0.4 is 20.7 Å². The van der Waals surface area contributed by atoms with E-state index in [4.69, 9.17) is 0 Å². The highest BCUT2D eigenvalue weighted by Crippen LogP contribution is 2.22. The second kappa shape index (κ2) is 12.0. The summed E-state index contributed by atoms with van der Waals surface area (Å²) in [6.45, 7) is 10.2. The lowest BCUT2D eigenvalue weighted by Crippen LogP contribution is -2.27. The molecule has 0 aromatic heterocycles. The molecule has 0 fully saturated rings. The molecule has 0 aliphatic rings. The van der Waals surface area contributed by atoms with Crippen LogP contribution in [0, 0.1) is 12.3 Å². The molecule has 4 N–H and O–H groups in total. The number of amides is 2. The Kier molecular flexibility index (Phi) is 10.0. The zero-order valence-electron chi connectivity index (χ0n) is 18.5. The normalized spacial score (nSPS) is 11.4. The predicted octanol–water partition coefficient (Wildman–Crippen LogP) is 3.91. The van der Waals surface area contributed by atoms with E-state index in [1.54, 1.807) is 24.3 Å². The number of aryl methyl sites for hydroxylation is 1. The van der Waals surface area contributed by atoms with Crippen LogP contribution in [0.2, 0.25) is 0 Å². The molecule has 2 rings (SSSR count). The van der Waals surface area contributed by atoms with Crippen molar-refractivity contribution in [3.63, 3.8) is 0 Å². The van der Waals surface area contributed by atoms with Crippen LogP contribution in [0.4, 0.5) is 17.1 Å². The molecule has 2 aromatic rings. The zero-order chi connectivity index (χ0) is 22.7. The molecule has 1 unspecified atom stereocenters. The molecule has 0 spiro atoms. The highest BCUT2D eigenvalue weighted by atomic mass is 32.2. The minimum atomic E-state index is -1.36. The van der Waals surface area contributed by atoms with Crippen LogP contribution in [0.3, 0.4) is 0 Å². The average Bonchev–Trinajstić information content (AvgIpc) is 2.70. The van der Waals surface area contributed by atoms with Crippen LogP contribution in [0.25, 0.3) is 0 Å². The Morgan fingerprint density at radius 3 is 2.13 bits per heavy atom. The number of hydrogen-bond acceptors (Lipinski definition) is 4. The molecule has 8 heteroatoms. The van der Waals surface area contributed by atoms with Crippen molar-refractivity contribution in [2.45, 2.75) is 39.5 Å². The Bertz CT molecular complexity index is 862. The van der Waals surface area contributed by atoms with E-state index in [1.165, 1.54) is 0 Å². The van der Waals surface area contributed by atoms with Crippen LogP contribution in [0.15, 0.2) is 47.4 Å². The van der Waals surface area contributed by atoms with Crippen molar-refractivity contribution in [2.75, 3.05) is 28.9 Å². The predicted molar refractivity (Wildman–Crippen MR) is 125 cm³/mol. The molecule has 1 atom stereocenters. The van der Waals surface area contributed by atoms with Gasteiger partial charge in [-0.25, -0.2) is 4.21 Å². The highest BCUT2D eigenvalue weighted by Gasteiger charge is 2.21. The Hall–Kier alpha value is -2.87. The molecule has 2 amide bonds. The summed E-state index contributed by atoms with van der Waals surface area (Å²) in [5, 5.41) is 8.38. The Labute approximate surface area is 181 Å². The summed E-state index contributed by atoms with van der Waals surface area (Å²) < 4.78 is 15.5. The molecular weight excluding hydrogens is 400 g/mol. The second-order valence-electron chi connectivity index (χ2n) is 7.55. The lowest BCUT2D eigenvalue weighted by atomic mass is 9.95. The second-order valence-corrected chi connectivity index (χ2v) is 8.77. The number of rotatable bonds is 7. The largest absolute Gasteiger partial charge is 0.388 e. The Balaban J connectivity index is 0.000000804. The molecule has 164 valence electrons. The fourth-order valence-corrected chi connectivity index (χ4v) is 3.06. The Morgan fingerprint density at radius 1 is 1.07 bits per heavy atom. The molecule has 0 aliphatic carbocycles. The monoisotopic (exact) mass is 432 g/mol. The van der Waals surface area contributed by atoms with E-state index in [0.29, 0.717) is 17.0 Å². The lowest BCUT2D eigenvalue weighted by Gasteiger charge is -2.17. The summed E-state index contributed by atoms with van der Waals surface area (Å²) >= 11 is 0. The number of benzene rings is 2. The van der Waals surface area contributed by atoms with Crippen molar-refractivity contribution in [1.29, 1.82) is 0 Å². The molecule has 0 saturated carbocycles. The van der Waals surface area contributed by atoms with E-state index >= 15 is 0 Å². The standard InChI is InChI=1S/C19H25N3O2S.C3H7NO/c1-13-6-11-16(12-17(13)20-5)25(24)22-15-9-7-14(8-10-15)21-18(23)19(2,3)4;1-2-4-3-5/h6-12,20,22H,1-5H3,(H,21,23);3H,2H2,1H3,(H,4,5). The quantitative estimate of drug-likeness (QED) is 0.499. The van der Waals surface area contributed by atoms with Gasteiger partial charge in [0.25, 0.3) is 0 Å². The summed E-state index contributed by atoms with van der Waals surface area (Å²) in [5.41, 5.74) is 3.03. The first-order chi connectivity index (χ1) is 14.1. The van der Waals surface area contributed by atoms with E-state index < -0.39 is 16.4 Å². The maximum Gasteiger partial charge on any atom is 0.229 e. The van der Waals surface area contributed by atoms with E-state index in [9.17, 15) is 13.8 Å². The third-order valence-corrected chi connectivity index (χ3v) is 5.12. The van der Waals surface area contributed by atoms with Crippen molar-refractivity contribution in [3.05, 3.63) is 48.0 Å². The molecule has 0 heterocycles. The topological polar surface area (TPSA) is 99.3 Å². The number of carbonyl (C=O) groups is 2. The molecule has 0 aliphatic heterocycles. The fourth-order valence-electron chi connectivity index (χ4n) is 2.18. The van der Waals surface area contributed by atoms with E-state index in [1.807, 2.05) is 59.9 Å². The first kappa shape index (κ1) is 25.2. The van der Waals surface area contributed by atoms with Crippen LogP contribution in [0.5, 0.6) is 0 Å². The first-order valence-corrected chi connectivity index (χ1v) is 10.8. The van der Waals surface area contributed by atoms with Gasteiger partial charge in [-0.2, -0.15) is 0 Å². The summed E-state index contributed by atoms with van der Waals surface area (Å²) in [4.78, 5) is 22.0. The zero-order valence-corrected chi connectivity index (χ0v) is 19.3. The fraction of sp³-hybridized carbons (Fsp3) is 0.364. The van der Waals surface area contributed by atoms with Gasteiger partial charge in [0.15, 0.2) is 0 Å². The van der Waals surface area contributed by atoms with Gasteiger partial charge in [-0.3, -0.25) is 9.59 Å². The van der Waals surface area contributed by atoms with Gasteiger partial charge >= 0.3 is 0 Å². The molecule has 0 saturated heterocycles. The minimum Gasteiger partial charge on any atom is -0.388 e. The molecular formula is C22H32N4O3S. The summed E-state index contributed by atoms with van der Waals surface area (Å²) in [7, 11) is 0.477. The third-order valence-electron chi connectivity index (χ3n) is 4.01. The molecule has 2 aromatic carbocycles. The molecule has 0 bridgehead atoms. The molecule has 7 nitrogen and oxygen atoms in total. The van der Waals surface area contributed by atoms with Gasteiger partial charge in [-0.15, -0.1) is 0 Å². The van der Waals surface area contributed by atoms with Crippen LogP contribution in [-0.4, -0.2) is 30.1 Å². The average molecular weight is 433 g/mol. The van der Waals surface area contributed by atoms with Crippen molar-refractivity contribution in [2.24, 2.45) is 5.41 Å². The SMILES string of the molecule is CCNC=O.CNc1cc(S(=O)Nc2ccc(NC(=O)C(C)(C)C)cc2)ccc1C. The van der Waals surface area contributed by atoms with E-state index in [-0.39, 0.29) is 5.91 Å². The number of carbonyl (C=O) groups excluding carboxylic acids is 2. The van der Waals surface area contributed by atoms with Gasteiger partial charge in [0.2, 0.25) is 12.3 Å². The lowest BCUT2D eigenvalue weighted by molar-refractivity contribution is -0.123. The summed E-state index contributed by atoms with van der Waals surface area (Å²) in [6, 6.07) is 12.8. The van der Waals surface area contributed by atoms with Gasteiger partial charge in [-0.1, -0.05) is 26.8 Å². The van der Waals surface area contributed by atoms with Crippen molar-refractivity contribution in [3.8, 4) is 0 Å². The first-order valence-electron chi connectivity index (χ1n) is 9.67. The summed E-state index contributed by atoms with van der Waals surface area (Å²) in [5.74, 6) is -0.0453. The van der Waals surface area contributed by atoms with Crippen molar-refractivity contribution < 1.29 is 13.8 Å². The van der Waals surface area contributed by atoms with Gasteiger partial charge in [0.05, 0.1) is 4.90 Å². The smallest absolute Gasteiger partial charge is 0.229 e. The Morgan fingerprint density at radius 2 is 1.67 bits per heavy atom. The van der Waals surface area contributed by atoms with Crippen LogP contribution >= 0.6 is 0 Å². The van der Waals surface area contributed by atoms with Gasteiger partial charge < -0.3 is 20.7 Å². The maximum atomic E-state index is 12.5. The van der Waals surface area contributed by atoms with Crippen molar-refractivity contribution in [1.82, 2.24) is 5.32 Å². The molecule has 30 heavy (non-hydrogen) atoms. The number of nitrogens with one attached hydrogen (secondary N) is 4. The number of anilines is 3. The van der Waals surface area contributed by atoms with E-state index in [2.05, 4.69) is 20.7 Å².